The van der Waals surface area contributed by atoms with Crippen molar-refractivity contribution in [1.29, 1.82) is 0 Å². The molecule has 0 spiro atoms. The molecule has 4 N–H and O–H groups in total. The van der Waals surface area contributed by atoms with E-state index in [1.54, 1.807) is 11.8 Å². The van der Waals surface area contributed by atoms with Crippen LogP contribution in [0.5, 0.6) is 0 Å². The molecule has 0 radical (unpaired) electrons. The van der Waals surface area contributed by atoms with Gasteiger partial charge in [0.2, 0.25) is 0 Å². The Bertz CT molecular complexity index is 207. The van der Waals surface area contributed by atoms with Crippen LogP contribution in [0.1, 0.15) is 13.3 Å². The molecule has 0 aromatic heterocycles. The van der Waals surface area contributed by atoms with Gasteiger partial charge in [-0.3, -0.25) is 4.57 Å². The van der Waals surface area contributed by atoms with Crippen LogP contribution in [0.3, 0.4) is 0 Å². The molecule has 1 heterocycles. The number of rotatable bonds is 1. The zero-order chi connectivity index (χ0) is 9.35. The van der Waals surface area contributed by atoms with E-state index in [-0.39, 0.29) is 11.3 Å². The highest BCUT2D eigenvalue weighted by Gasteiger charge is 2.38. The first-order valence-corrected chi connectivity index (χ1v) is 6.56. The van der Waals surface area contributed by atoms with E-state index in [9.17, 15) is 4.57 Å². The van der Waals surface area contributed by atoms with E-state index < -0.39 is 13.3 Å². The molecule has 1 aliphatic heterocycles. The van der Waals surface area contributed by atoms with Crippen LogP contribution in [-0.4, -0.2) is 32.5 Å². The van der Waals surface area contributed by atoms with Crippen molar-refractivity contribution >= 4 is 19.4 Å². The predicted molar refractivity (Wildman–Crippen MR) is 50.3 cm³/mol. The lowest BCUT2D eigenvalue weighted by Gasteiger charge is -2.32. The maximum Gasteiger partial charge on any atom is 0.329 e. The monoisotopic (exact) mass is 211 g/mol. The van der Waals surface area contributed by atoms with Crippen LogP contribution in [0, 0.1) is 0 Å². The van der Waals surface area contributed by atoms with E-state index >= 15 is 0 Å². The van der Waals surface area contributed by atoms with E-state index in [0.29, 0.717) is 6.42 Å². The second-order valence-corrected chi connectivity index (χ2v) is 6.44. The number of hydrogen-bond acceptors (Lipinski definition) is 3. The summed E-state index contributed by atoms with van der Waals surface area (Å²) >= 11 is 1.54. The van der Waals surface area contributed by atoms with Gasteiger partial charge in [0.1, 0.15) is 0 Å². The van der Waals surface area contributed by atoms with Crippen molar-refractivity contribution in [3.8, 4) is 0 Å². The van der Waals surface area contributed by atoms with Gasteiger partial charge in [-0.05, 0) is 6.42 Å². The molecule has 3 unspecified atom stereocenters. The van der Waals surface area contributed by atoms with E-state index in [1.807, 2.05) is 6.92 Å². The van der Waals surface area contributed by atoms with Crippen LogP contribution in [0.15, 0.2) is 0 Å². The molecule has 0 aromatic rings. The Hall–Kier alpha value is 0.460. The number of thioether (sulfide) groups is 1. The predicted octanol–water partition coefficient (Wildman–Crippen LogP) is 0.385. The maximum absolute atomic E-state index is 11.0. The molecule has 3 atom stereocenters. The highest BCUT2D eigenvalue weighted by atomic mass is 32.2. The quantitative estimate of drug-likeness (QED) is 0.546. The molecule has 1 saturated heterocycles. The maximum atomic E-state index is 11.0. The van der Waals surface area contributed by atoms with Gasteiger partial charge in [-0.25, -0.2) is 0 Å². The molecule has 0 saturated carbocycles. The van der Waals surface area contributed by atoms with Crippen LogP contribution < -0.4 is 5.73 Å². The van der Waals surface area contributed by atoms with Gasteiger partial charge < -0.3 is 15.5 Å². The van der Waals surface area contributed by atoms with Crippen LogP contribution in [-0.2, 0) is 4.57 Å². The molecule has 4 nitrogen and oxygen atoms in total. The molecule has 0 bridgehead atoms. The zero-order valence-electron chi connectivity index (χ0n) is 6.88. The minimum absolute atomic E-state index is 0.0191. The van der Waals surface area contributed by atoms with E-state index in [2.05, 4.69) is 0 Å². The molecule has 6 heteroatoms. The number of nitrogens with two attached hydrogens (primary N) is 1. The van der Waals surface area contributed by atoms with Gasteiger partial charge in [0.15, 0.2) is 0 Å². The van der Waals surface area contributed by atoms with E-state index in [1.165, 1.54) is 0 Å². The third kappa shape index (κ3) is 2.47. The first-order valence-electron chi connectivity index (χ1n) is 3.83. The van der Waals surface area contributed by atoms with Crippen molar-refractivity contribution in [2.24, 2.45) is 5.73 Å². The Labute approximate surface area is 76.1 Å². The Morgan fingerprint density at radius 3 is 2.58 bits per heavy atom. The summed E-state index contributed by atoms with van der Waals surface area (Å²) in [5.74, 6) is 0.803. The SMILES string of the molecule is CC1SCC(N)CC1P(=O)(O)O. The van der Waals surface area contributed by atoms with Gasteiger partial charge >= 0.3 is 7.60 Å². The zero-order valence-corrected chi connectivity index (χ0v) is 8.59. The topological polar surface area (TPSA) is 83.6 Å². The lowest BCUT2D eigenvalue weighted by molar-refractivity contribution is 0.349. The molecule has 1 aliphatic rings. The summed E-state index contributed by atoms with van der Waals surface area (Å²) in [5, 5.41) is 0.0191. The second kappa shape index (κ2) is 3.68. The molecule has 1 fully saturated rings. The van der Waals surface area contributed by atoms with Gasteiger partial charge in [-0.2, -0.15) is 11.8 Å². The van der Waals surface area contributed by atoms with Gasteiger partial charge in [0.05, 0.1) is 5.66 Å². The summed E-state index contributed by atoms with van der Waals surface area (Å²) in [6.07, 6.45) is 0.443. The Balaban J connectivity index is 2.68. The normalized spacial score (nSPS) is 38.2. The Kier molecular flexibility index (Phi) is 3.23. The van der Waals surface area contributed by atoms with Crippen LogP contribution in [0.25, 0.3) is 0 Å². The first kappa shape index (κ1) is 10.5. The average Bonchev–Trinajstić information content (AvgIpc) is 1.92. The molecule has 0 amide bonds. The highest BCUT2D eigenvalue weighted by Crippen LogP contribution is 2.49. The smallest absolute Gasteiger partial charge is 0.327 e. The summed E-state index contributed by atoms with van der Waals surface area (Å²) in [4.78, 5) is 17.9. The molecule has 72 valence electrons. The highest BCUT2D eigenvalue weighted by molar-refractivity contribution is 8.00. The van der Waals surface area contributed by atoms with Crippen molar-refractivity contribution in [1.82, 2.24) is 0 Å². The lowest BCUT2D eigenvalue weighted by atomic mass is 10.1. The van der Waals surface area contributed by atoms with Gasteiger partial charge in [0, 0.05) is 17.0 Å². The van der Waals surface area contributed by atoms with Crippen molar-refractivity contribution in [3.05, 3.63) is 0 Å². The summed E-state index contributed by atoms with van der Waals surface area (Å²) in [7, 11) is -3.94. The molecular weight excluding hydrogens is 197 g/mol. The van der Waals surface area contributed by atoms with Crippen molar-refractivity contribution in [2.45, 2.75) is 30.3 Å². The molecular formula is C6H14NO3PS. The standard InChI is InChI=1S/C6H14NO3PS/c1-4-6(11(8,9)10)2-5(7)3-12-4/h4-6H,2-3,7H2,1H3,(H2,8,9,10). The minimum atomic E-state index is -3.94. The van der Waals surface area contributed by atoms with Crippen molar-refractivity contribution in [3.63, 3.8) is 0 Å². The van der Waals surface area contributed by atoms with Crippen LogP contribution in [0.2, 0.25) is 0 Å². The average molecular weight is 211 g/mol. The molecule has 12 heavy (non-hydrogen) atoms. The largest absolute Gasteiger partial charge is 0.329 e. The summed E-state index contributed by atoms with van der Waals surface area (Å²) in [5.41, 5.74) is 5.07. The lowest BCUT2D eigenvalue weighted by Crippen LogP contribution is -2.38. The summed E-state index contributed by atoms with van der Waals surface area (Å²) in [6.45, 7) is 1.85. The molecule has 1 rings (SSSR count). The van der Waals surface area contributed by atoms with Crippen molar-refractivity contribution < 1.29 is 14.4 Å². The fraction of sp³-hybridized carbons (Fsp3) is 1.00. The second-order valence-electron chi connectivity index (χ2n) is 3.19. The van der Waals surface area contributed by atoms with Gasteiger partial charge in [-0.1, -0.05) is 6.92 Å². The summed E-state index contributed by atoms with van der Waals surface area (Å²) in [6, 6.07) is -0.0659. The van der Waals surface area contributed by atoms with E-state index in [4.69, 9.17) is 15.5 Å². The Morgan fingerprint density at radius 2 is 2.17 bits per heavy atom. The van der Waals surface area contributed by atoms with Gasteiger partial charge in [0.25, 0.3) is 0 Å². The fourth-order valence-corrected chi connectivity index (χ4v) is 4.21. The van der Waals surface area contributed by atoms with Crippen LogP contribution in [0.4, 0.5) is 0 Å². The summed E-state index contributed by atoms with van der Waals surface area (Å²) < 4.78 is 11.0. The first-order chi connectivity index (χ1) is 5.41. The van der Waals surface area contributed by atoms with E-state index in [0.717, 1.165) is 5.75 Å². The number of hydrogen-bond donors (Lipinski definition) is 3. The van der Waals surface area contributed by atoms with Crippen LogP contribution >= 0.6 is 19.4 Å². The molecule has 0 aliphatic carbocycles. The van der Waals surface area contributed by atoms with Crippen molar-refractivity contribution in [2.75, 3.05) is 5.75 Å². The fourth-order valence-electron chi connectivity index (χ4n) is 1.37. The Morgan fingerprint density at radius 1 is 1.58 bits per heavy atom. The minimum Gasteiger partial charge on any atom is -0.327 e. The third-order valence-corrected chi connectivity index (χ3v) is 5.29. The van der Waals surface area contributed by atoms with Gasteiger partial charge in [-0.15, -0.1) is 0 Å². The third-order valence-electron chi connectivity index (χ3n) is 2.09. The molecule has 0 aromatic carbocycles.